The summed E-state index contributed by atoms with van der Waals surface area (Å²) in [5, 5.41) is 3.62. The van der Waals surface area contributed by atoms with Crippen molar-refractivity contribution >= 4 is 31.0 Å². The van der Waals surface area contributed by atoms with E-state index in [2.05, 4.69) is 5.32 Å². The van der Waals surface area contributed by atoms with Crippen molar-refractivity contribution in [2.75, 3.05) is 32.3 Å². The first-order chi connectivity index (χ1) is 10.3. The maximum atomic E-state index is 12.6. The molecular weight excluding hydrogens is 350 g/mol. The number of nitrogens with one attached hydrogen (secondary N) is 1. The third kappa shape index (κ3) is 3.87. The highest BCUT2D eigenvalue weighted by Crippen LogP contribution is 2.28. The molecule has 1 saturated heterocycles. The predicted octanol–water partition coefficient (Wildman–Crippen LogP) is -0.104. The van der Waals surface area contributed by atoms with Crippen molar-refractivity contribution in [2.24, 2.45) is 0 Å². The number of hydrogen-bond acceptors (Lipinski definition) is 8. The van der Waals surface area contributed by atoms with E-state index in [0.717, 1.165) is 11.3 Å². The summed E-state index contributed by atoms with van der Waals surface area (Å²) in [4.78, 5) is 0. The van der Waals surface area contributed by atoms with Crippen LogP contribution in [-0.4, -0.2) is 66.7 Å². The minimum absolute atomic E-state index is 0.191. The Morgan fingerprint density at radius 2 is 2.05 bits per heavy atom. The SMILES string of the molecule is COC(CN[C@@H]1CS(=O)(=O)C[C@H]1S(=O)(=O)c1cccs1)OC. The number of thiophene rings is 1. The van der Waals surface area contributed by atoms with E-state index in [1.54, 1.807) is 11.4 Å². The van der Waals surface area contributed by atoms with E-state index in [4.69, 9.17) is 9.47 Å². The van der Waals surface area contributed by atoms with Crippen LogP contribution in [0.25, 0.3) is 0 Å². The van der Waals surface area contributed by atoms with Crippen LogP contribution in [-0.2, 0) is 29.1 Å². The molecule has 0 amide bonds. The van der Waals surface area contributed by atoms with Crippen LogP contribution in [0, 0.1) is 0 Å². The second-order valence-corrected chi connectivity index (χ2v) is 10.5. The van der Waals surface area contributed by atoms with E-state index in [1.165, 1.54) is 20.3 Å². The summed E-state index contributed by atoms with van der Waals surface area (Å²) in [6.07, 6.45) is -0.562. The highest BCUT2D eigenvalue weighted by atomic mass is 32.2. The van der Waals surface area contributed by atoms with Crippen molar-refractivity contribution in [3.05, 3.63) is 17.5 Å². The van der Waals surface area contributed by atoms with Gasteiger partial charge >= 0.3 is 0 Å². The number of ether oxygens (including phenoxy) is 2. The zero-order chi connectivity index (χ0) is 16.4. The Bertz CT molecular complexity index is 678. The zero-order valence-electron chi connectivity index (χ0n) is 12.3. The van der Waals surface area contributed by atoms with Crippen molar-refractivity contribution < 1.29 is 26.3 Å². The smallest absolute Gasteiger partial charge is 0.193 e. The molecular formula is C12H19NO6S3. The van der Waals surface area contributed by atoms with Gasteiger partial charge in [-0.05, 0) is 11.4 Å². The van der Waals surface area contributed by atoms with Crippen molar-refractivity contribution in [1.82, 2.24) is 5.32 Å². The topological polar surface area (TPSA) is 98.8 Å². The van der Waals surface area contributed by atoms with Gasteiger partial charge in [-0.3, -0.25) is 0 Å². The van der Waals surface area contributed by atoms with Crippen molar-refractivity contribution in [2.45, 2.75) is 21.8 Å². The molecule has 7 nitrogen and oxygen atoms in total. The number of rotatable bonds is 7. The lowest BCUT2D eigenvalue weighted by Crippen LogP contribution is -2.46. The van der Waals surface area contributed by atoms with E-state index in [0.29, 0.717) is 0 Å². The molecule has 0 aliphatic carbocycles. The minimum atomic E-state index is -3.68. The first-order valence-corrected chi connectivity index (χ1v) is 10.8. The summed E-state index contributed by atoms with van der Waals surface area (Å²) in [5.41, 5.74) is 0. The molecule has 1 fully saturated rings. The lowest BCUT2D eigenvalue weighted by molar-refractivity contribution is -0.0995. The van der Waals surface area contributed by atoms with Crippen LogP contribution in [0.1, 0.15) is 0 Å². The molecule has 126 valence electrons. The lowest BCUT2D eigenvalue weighted by Gasteiger charge is -2.21. The predicted molar refractivity (Wildman–Crippen MR) is 83.5 cm³/mol. The number of methoxy groups -OCH3 is 2. The first kappa shape index (κ1) is 17.8. The van der Waals surface area contributed by atoms with Gasteiger partial charge in [0.2, 0.25) is 0 Å². The van der Waals surface area contributed by atoms with E-state index < -0.39 is 37.3 Å². The van der Waals surface area contributed by atoms with Crippen LogP contribution in [0.3, 0.4) is 0 Å². The van der Waals surface area contributed by atoms with Gasteiger partial charge in [-0.2, -0.15) is 0 Å². The van der Waals surface area contributed by atoms with Gasteiger partial charge in [0.05, 0.1) is 16.8 Å². The van der Waals surface area contributed by atoms with Gasteiger partial charge < -0.3 is 14.8 Å². The van der Waals surface area contributed by atoms with Gasteiger partial charge in [-0.15, -0.1) is 11.3 Å². The molecule has 0 unspecified atom stereocenters. The second kappa shape index (κ2) is 6.93. The summed E-state index contributed by atoms with van der Waals surface area (Å²) in [6.45, 7) is 0.212. The molecule has 2 heterocycles. The standard InChI is InChI=1S/C12H19NO6S3/c1-18-11(19-2)6-13-9-7-21(14,15)8-10(9)22(16,17)12-4-3-5-20-12/h3-5,9-11,13H,6-8H2,1-2H3/t9-,10-/m1/s1. The fourth-order valence-corrected chi connectivity index (χ4v) is 8.34. The lowest BCUT2D eigenvalue weighted by atomic mass is 10.2. The fraction of sp³-hybridized carbons (Fsp3) is 0.667. The number of hydrogen-bond donors (Lipinski definition) is 1. The van der Waals surface area contributed by atoms with E-state index >= 15 is 0 Å². The molecule has 0 spiro atoms. The Morgan fingerprint density at radius 3 is 2.59 bits per heavy atom. The largest absolute Gasteiger partial charge is 0.355 e. The first-order valence-electron chi connectivity index (χ1n) is 6.57. The summed E-state index contributed by atoms with van der Waals surface area (Å²) in [6, 6.07) is 2.45. The van der Waals surface area contributed by atoms with Crippen molar-refractivity contribution in [3.8, 4) is 0 Å². The molecule has 2 atom stereocenters. The van der Waals surface area contributed by atoms with E-state index in [9.17, 15) is 16.8 Å². The molecule has 10 heteroatoms. The maximum absolute atomic E-state index is 12.6. The Morgan fingerprint density at radius 1 is 1.36 bits per heavy atom. The third-order valence-corrected chi connectivity index (χ3v) is 9.13. The zero-order valence-corrected chi connectivity index (χ0v) is 14.7. The van der Waals surface area contributed by atoms with Crippen LogP contribution < -0.4 is 5.32 Å². The van der Waals surface area contributed by atoms with Gasteiger partial charge in [0.15, 0.2) is 26.0 Å². The van der Waals surface area contributed by atoms with Crippen LogP contribution >= 0.6 is 11.3 Å². The average Bonchev–Trinajstić information content (AvgIpc) is 3.08. The fourth-order valence-electron chi connectivity index (χ4n) is 2.40. The van der Waals surface area contributed by atoms with Gasteiger partial charge in [0, 0.05) is 26.8 Å². The maximum Gasteiger partial charge on any atom is 0.193 e. The highest BCUT2D eigenvalue weighted by Gasteiger charge is 2.46. The second-order valence-electron chi connectivity index (χ2n) is 5.01. The van der Waals surface area contributed by atoms with Crippen LogP contribution in [0.2, 0.25) is 0 Å². The van der Waals surface area contributed by atoms with Gasteiger partial charge in [0.1, 0.15) is 4.21 Å². The molecule has 1 aromatic rings. The summed E-state index contributed by atoms with van der Waals surface area (Å²) < 4.78 is 59.3. The van der Waals surface area contributed by atoms with E-state index in [-0.39, 0.29) is 22.3 Å². The quantitative estimate of drug-likeness (QED) is 0.670. The molecule has 0 aromatic carbocycles. The van der Waals surface area contributed by atoms with Crippen molar-refractivity contribution in [1.29, 1.82) is 0 Å². The van der Waals surface area contributed by atoms with Gasteiger partial charge in [0.25, 0.3) is 0 Å². The van der Waals surface area contributed by atoms with Crippen LogP contribution in [0.4, 0.5) is 0 Å². The molecule has 0 saturated carbocycles. The average molecular weight is 369 g/mol. The summed E-state index contributed by atoms with van der Waals surface area (Å²) in [5.74, 6) is -0.571. The van der Waals surface area contributed by atoms with Crippen molar-refractivity contribution in [3.63, 3.8) is 0 Å². The molecule has 1 aliphatic rings. The van der Waals surface area contributed by atoms with Crippen LogP contribution in [0.15, 0.2) is 21.7 Å². The Hall–Kier alpha value is -0.520. The van der Waals surface area contributed by atoms with E-state index in [1.807, 2.05) is 0 Å². The highest BCUT2D eigenvalue weighted by molar-refractivity contribution is 7.97. The Kier molecular flexibility index (Phi) is 5.62. The Balaban J connectivity index is 2.20. The van der Waals surface area contributed by atoms with Gasteiger partial charge in [-0.1, -0.05) is 6.07 Å². The van der Waals surface area contributed by atoms with Gasteiger partial charge in [-0.25, -0.2) is 16.8 Å². The third-order valence-electron chi connectivity index (χ3n) is 3.55. The normalized spacial score (nSPS) is 24.9. The Labute approximate surface area is 134 Å². The molecule has 0 bridgehead atoms. The number of sulfone groups is 2. The molecule has 1 N–H and O–H groups in total. The molecule has 22 heavy (non-hydrogen) atoms. The summed E-state index contributed by atoms with van der Waals surface area (Å²) >= 11 is 1.09. The minimum Gasteiger partial charge on any atom is -0.355 e. The molecule has 0 radical (unpaired) electrons. The van der Waals surface area contributed by atoms with Crippen LogP contribution in [0.5, 0.6) is 0 Å². The molecule has 1 aliphatic heterocycles. The summed E-state index contributed by atoms with van der Waals surface area (Å²) in [7, 11) is -4.16. The molecule has 1 aromatic heterocycles. The monoisotopic (exact) mass is 369 g/mol. The molecule has 2 rings (SSSR count).